The number of Topliss-reactive ketones (excluding diaryl/α,β-unsaturated/α-hetero) is 2. The van der Waals surface area contributed by atoms with E-state index in [-0.39, 0.29) is 71.0 Å². The number of nitrogens with zero attached hydrogens (tertiary/aromatic N) is 1. The number of aliphatic hydroxyl groups excluding tert-OH is 1. The highest BCUT2D eigenvalue weighted by molar-refractivity contribution is 6.74. The highest BCUT2D eigenvalue weighted by Gasteiger charge is 2.67. The molecule has 1 saturated heterocycles. The zero-order valence-electron chi connectivity index (χ0n) is 33.5. The first-order valence-electron chi connectivity index (χ1n) is 20.1. The van der Waals surface area contributed by atoms with Crippen molar-refractivity contribution in [3.63, 3.8) is 0 Å². The van der Waals surface area contributed by atoms with E-state index in [0.717, 1.165) is 30.5 Å². The van der Waals surface area contributed by atoms with Crippen LogP contribution in [0.25, 0.3) is 0 Å². The Morgan fingerprint density at radius 3 is 2.30 bits per heavy atom. The van der Waals surface area contributed by atoms with E-state index in [2.05, 4.69) is 36.6 Å². The third-order valence-electron chi connectivity index (χ3n) is 12.8. The number of ether oxygens (including phenoxy) is 2. The number of hydrogen-bond acceptors (Lipinski definition) is 10. The summed E-state index contributed by atoms with van der Waals surface area (Å²) in [5.74, 6) is -2.82. The van der Waals surface area contributed by atoms with Crippen LogP contribution in [0.1, 0.15) is 108 Å². The second-order valence-electron chi connectivity index (χ2n) is 17.4. The molecule has 1 aliphatic heterocycles. The number of aliphatic hydroxyl groups is 1. The number of rotatable bonds is 11. The third kappa shape index (κ3) is 6.64. The smallest absolute Gasteiger partial charge is 0.265 e. The SMILES string of the molecule is CCN[C@@H]1c2onc(OCc3ccccc3)c2C(=O)C2(O[Si](C)(C)C(C)(C)C)C(O)=C3C(=O)c4c(OCc5ccccc5)cc(C5CCCN5)c(F)c4C[C@H]3C[C@@H]12. The zero-order valence-corrected chi connectivity index (χ0v) is 34.5. The molecule has 2 unspecified atom stereocenters. The van der Waals surface area contributed by atoms with E-state index in [0.29, 0.717) is 17.9 Å². The van der Waals surface area contributed by atoms with E-state index in [1.165, 1.54) is 0 Å². The van der Waals surface area contributed by atoms with E-state index in [1.54, 1.807) is 6.07 Å². The van der Waals surface area contributed by atoms with Gasteiger partial charge in [-0.15, -0.1) is 0 Å². The Morgan fingerprint density at radius 1 is 1.02 bits per heavy atom. The van der Waals surface area contributed by atoms with Gasteiger partial charge in [0.2, 0.25) is 5.78 Å². The van der Waals surface area contributed by atoms with Crippen LogP contribution in [0.3, 0.4) is 0 Å². The molecule has 10 nitrogen and oxygen atoms in total. The van der Waals surface area contributed by atoms with Crippen molar-refractivity contribution in [2.24, 2.45) is 11.8 Å². The Hall–Kier alpha value is -4.62. The molecule has 2 heterocycles. The standard InChI is InChI=1S/C45H52FN3O7Si/c1-7-47-38-31-22-28-21-30-35(33(53-24-26-15-10-8-11-16-26)23-29(37(30)46)32-19-14-20-48-32)39(50)34(28)41(51)45(31,56-57(5,6)44(2,3)4)42(52)36-40(38)55-49-43(36)54-25-27-17-12-9-13-18-27/h8-13,15-18,23,28,31-32,38,47-48,51H,7,14,19-22,24-25H2,1-6H3/t28-,31-,32?,38-,45?/m0/s1. The molecule has 3 aliphatic carbocycles. The van der Waals surface area contributed by atoms with Crippen LogP contribution < -0.4 is 20.1 Å². The van der Waals surface area contributed by atoms with Crippen LogP contribution in [0.2, 0.25) is 18.1 Å². The fraction of sp³-hybridized carbons (Fsp3) is 0.444. The Balaban J connectivity index is 1.30. The van der Waals surface area contributed by atoms with Gasteiger partial charge in [0.1, 0.15) is 36.1 Å². The maximum absolute atomic E-state index is 16.9. The minimum Gasteiger partial charge on any atom is -0.508 e. The Labute approximate surface area is 334 Å². The lowest BCUT2D eigenvalue weighted by Crippen LogP contribution is -2.65. The second kappa shape index (κ2) is 15.0. The van der Waals surface area contributed by atoms with Crippen LogP contribution >= 0.6 is 0 Å². The molecule has 0 amide bonds. The van der Waals surface area contributed by atoms with Gasteiger partial charge >= 0.3 is 0 Å². The number of halogens is 1. The molecule has 300 valence electrons. The summed E-state index contributed by atoms with van der Waals surface area (Å²) in [6.07, 6.45) is 2.03. The number of carbonyl (C=O) groups is 2. The molecule has 12 heteroatoms. The zero-order chi connectivity index (χ0) is 40.3. The molecule has 3 aromatic carbocycles. The first-order valence-corrected chi connectivity index (χ1v) is 23.1. The fourth-order valence-corrected chi connectivity index (χ4v) is 10.4. The van der Waals surface area contributed by atoms with Crippen LogP contribution in [0, 0.1) is 17.7 Å². The summed E-state index contributed by atoms with van der Waals surface area (Å²) in [5, 5.41) is 23.8. The van der Waals surface area contributed by atoms with Gasteiger partial charge in [-0.05, 0) is 85.2 Å². The second-order valence-corrected chi connectivity index (χ2v) is 22.1. The largest absolute Gasteiger partial charge is 0.508 e. The van der Waals surface area contributed by atoms with Crippen LogP contribution in [-0.4, -0.2) is 48.8 Å². The van der Waals surface area contributed by atoms with E-state index >= 15 is 14.0 Å². The maximum atomic E-state index is 16.9. The minimum absolute atomic E-state index is 0.00891. The lowest BCUT2D eigenvalue weighted by Gasteiger charge is -2.54. The minimum atomic E-state index is -2.92. The number of ketones is 2. The normalized spacial score (nSPS) is 24.5. The van der Waals surface area contributed by atoms with Crippen molar-refractivity contribution >= 4 is 19.9 Å². The molecular formula is C45H52FN3O7Si. The van der Waals surface area contributed by atoms with Crippen LogP contribution in [0.5, 0.6) is 11.6 Å². The number of fused-ring (bicyclic) bond motifs is 4. The van der Waals surface area contributed by atoms with E-state index in [1.807, 2.05) is 80.7 Å². The first-order chi connectivity index (χ1) is 27.3. The maximum Gasteiger partial charge on any atom is 0.265 e. The molecule has 0 radical (unpaired) electrons. The monoisotopic (exact) mass is 793 g/mol. The number of allylic oxidation sites excluding steroid dienone is 1. The van der Waals surface area contributed by atoms with Gasteiger partial charge < -0.3 is 34.2 Å². The quantitative estimate of drug-likeness (QED) is 0.127. The lowest BCUT2D eigenvalue weighted by atomic mass is 9.58. The van der Waals surface area contributed by atoms with Gasteiger partial charge in [-0.2, -0.15) is 0 Å². The van der Waals surface area contributed by atoms with Gasteiger partial charge in [0.25, 0.3) is 5.88 Å². The predicted octanol–water partition coefficient (Wildman–Crippen LogP) is 8.89. The average Bonchev–Trinajstić information content (AvgIpc) is 3.88. The summed E-state index contributed by atoms with van der Waals surface area (Å²) in [5.41, 5.74) is 0.718. The van der Waals surface area contributed by atoms with Crippen molar-refractivity contribution in [1.29, 1.82) is 0 Å². The number of hydrogen-bond donors (Lipinski definition) is 3. The van der Waals surface area contributed by atoms with Crippen molar-refractivity contribution < 1.29 is 37.5 Å². The van der Waals surface area contributed by atoms with E-state index in [4.69, 9.17) is 18.4 Å². The molecular weight excluding hydrogens is 742 g/mol. The van der Waals surface area contributed by atoms with Gasteiger partial charge in [-0.1, -0.05) is 88.4 Å². The van der Waals surface area contributed by atoms with Crippen LogP contribution in [-0.2, 0) is 24.1 Å². The van der Waals surface area contributed by atoms with Gasteiger partial charge in [-0.3, -0.25) is 9.59 Å². The van der Waals surface area contributed by atoms with E-state index in [9.17, 15) is 5.11 Å². The molecule has 5 atom stereocenters. The average molecular weight is 794 g/mol. The molecule has 0 bridgehead atoms. The molecule has 0 saturated carbocycles. The summed E-state index contributed by atoms with van der Waals surface area (Å²) < 4.78 is 42.8. The molecule has 0 spiro atoms. The van der Waals surface area contributed by atoms with Crippen LogP contribution in [0.15, 0.2) is 82.6 Å². The molecule has 4 aliphatic rings. The number of benzene rings is 3. The fourth-order valence-electron chi connectivity index (χ4n) is 8.95. The number of carbonyl (C=O) groups excluding carboxylic acids is 2. The molecule has 57 heavy (non-hydrogen) atoms. The van der Waals surface area contributed by atoms with Crippen LogP contribution in [0.4, 0.5) is 4.39 Å². The molecule has 1 aromatic heterocycles. The van der Waals surface area contributed by atoms with Gasteiger partial charge in [0.05, 0.1) is 11.6 Å². The third-order valence-corrected chi connectivity index (χ3v) is 17.3. The van der Waals surface area contributed by atoms with E-state index < -0.39 is 54.9 Å². The summed E-state index contributed by atoms with van der Waals surface area (Å²) in [6, 6.07) is 19.9. The Morgan fingerprint density at radius 2 is 1.68 bits per heavy atom. The highest BCUT2D eigenvalue weighted by Crippen LogP contribution is 2.59. The topological polar surface area (TPSA) is 132 Å². The molecule has 3 N–H and O–H groups in total. The van der Waals surface area contributed by atoms with Gasteiger partial charge in [-0.25, -0.2) is 4.39 Å². The number of aromatic nitrogens is 1. The van der Waals surface area contributed by atoms with Crippen molar-refractivity contribution in [2.45, 2.75) is 102 Å². The molecule has 8 rings (SSSR count). The van der Waals surface area contributed by atoms with Gasteiger partial charge in [0, 0.05) is 28.7 Å². The summed E-state index contributed by atoms with van der Waals surface area (Å²) in [6.45, 7) is 13.7. The summed E-state index contributed by atoms with van der Waals surface area (Å²) >= 11 is 0. The molecule has 1 fully saturated rings. The highest BCUT2D eigenvalue weighted by atomic mass is 28.4. The summed E-state index contributed by atoms with van der Waals surface area (Å²) in [7, 11) is -2.92. The van der Waals surface area contributed by atoms with Crippen molar-refractivity contribution in [3.8, 4) is 11.6 Å². The van der Waals surface area contributed by atoms with Gasteiger partial charge in [0.15, 0.2) is 25.5 Å². The number of nitrogens with one attached hydrogen (secondary N) is 2. The molecule has 4 aromatic rings. The first kappa shape index (κ1) is 39.2. The van der Waals surface area contributed by atoms with Crippen molar-refractivity contribution in [2.75, 3.05) is 13.1 Å². The summed E-state index contributed by atoms with van der Waals surface area (Å²) in [4.78, 5) is 30.7. The van der Waals surface area contributed by atoms with Crippen molar-refractivity contribution in [3.05, 3.63) is 123 Å². The van der Waals surface area contributed by atoms with Crippen molar-refractivity contribution in [1.82, 2.24) is 15.8 Å². The lowest BCUT2D eigenvalue weighted by molar-refractivity contribution is -0.0321. The Kier molecular flexibility index (Phi) is 10.3. The predicted molar refractivity (Wildman–Crippen MR) is 215 cm³/mol. The Bertz CT molecular complexity index is 2210.